The van der Waals surface area contributed by atoms with Gasteiger partial charge in [0.15, 0.2) is 0 Å². The third-order valence-electron chi connectivity index (χ3n) is 4.22. The van der Waals surface area contributed by atoms with Gasteiger partial charge in [0.1, 0.15) is 0 Å². The second-order valence-electron chi connectivity index (χ2n) is 6.80. The van der Waals surface area contributed by atoms with E-state index < -0.39 is 10.0 Å². The number of carbonyl (C=O) groups is 1. The molecule has 0 atom stereocenters. The van der Waals surface area contributed by atoms with E-state index >= 15 is 0 Å². The molecular formula is C19H27N3O3S2. The van der Waals surface area contributed by atoms with Gasteiger partial charge in [-0.15, -0.1) is 11.3 Å². The Morgan fingerprint density at radius 1 is 1.19 bits per heavy atom. The largest absolute Gasteiger partial charge is 0.355 e. The van der Waals surface area contributed by atoms with E-state index in [2.05, 4.69) is 43.1 Å². The number of nitrogens with zero attached hydrogens (tertiary/aromatic N) is 1. The first-order valence-corrected chi connectivity index (χ1v) is 11.2. The van der Waals surface area contributed by atoms with Crippen LogP contribution in [0.1, 0.15) is 29.2 Å². The van der Waals surface area contributed by atoms with Gasteiger partial charge in [-0.3, -0.25) is 9.69 Å². The summed E-state index contributed by atoms with van der Waals surface area (Å²) in [7, 11) is -3.67. The normalized spacial score (nSPS) is 11.9. The fraction of sp³-hybridized carbons (Fsp3) is 0.421. The second kappa shape index (κ2) is 9.45. The van der Waals surface area contributed by atoms with Gasteiger partial charge in [0.05, 0.1) is 11.4 Å². The number of rotatable bonds is 9. The second-order valence-corrected chi connectivity index (χ2v) is 9.73. The van der Waals surface area contributed by atoms with Crippen molar-refractivity contribution in [2.75, 3.05) is 13.1 Å². The molecule has 0 radical (unpaired) electrons. The van der Waals surface area contributed by atoms with Crippen LogP contribution in [0.2, 0.25) is 0 Å². The zero-order valence-electron chi connectivity index (χ0n) is 15.9. The Kier molecular flexibility index (Phi) is 7.55. The summed E-state index contributed by atoms with van der Waals surface area (Å²) in [6.45, 7) is 7.85. The molecule has 0 aliphatic rings. The number of nitrogens with one attached hydrogen (secondary N) is 1. The van der Waals surface area contributed by atoms with Crippen LogP contribution < -0.4 is 10.5 Å². The number of hydrogen-bond acceptors (Lipinski definition) is 5. The van der Waals surface area contributed by atoms with E-state index in [9.17, 15) is 13.2 Å². The van der Waals surface area contributed by atoms with Gasteiger partial charge >= 0.3 is 0 Å². The van der Waals surface area contributed by atoms with Crippen molar-refractivity contribution in [2.45, 2.75) is 44.7 Å². The maximum atomic E-state index is 12.3. The van der Waals surface area contributed by atoms with Gasteiger partial charge in [-0.1, -0.05) is 12.1 Å². The number of primary sulfonamides is 1. The number of carbonyl (C=O) groups excluding carboxylic acids is 1. The van der Waals surface area contributed by atoms with Crippen LogP contribution in [-0.4, -0.2) is 38.4 Å². The molecule has 1 aromatic carbocycles. The average molecular weight is 410 g/mol. The lowest BCUT2D eigenvalue weighted by molar-refractivity contribution is -0.122. The topological polar surface area (TPSA) is 92.5 Å². The van der Waals surface area contributed by atoms with Crippen molar-refractivity contribution < 1.29 is 13.2 Å². The van der Waals surface area contributed by atoms with Gasteiger partial charge in [0, 0.05) is 28.9 Å². The maximum absolute atomic E-state index is 12.3. The monoisotopic (exact) mass is 409 g/mol. The number of hydrogen-bond donors (Lipinski definition) is 2. The van der Waals surface area contributed by atoms with Crippen molar-refractivity contribution in [1.82, 2.24) is 10.2 Å². The highest BCUT2D eigenvalue weighted by Gasteiger charge is 2.15. The minimum absolute atomic E-state index is 0.0156. The van der Waals surface area contributed by atoms with Gasteiger partial charge in [0.2, 0.25) is 15.9 Å². The molecule has 0 fully saturated rings. The van der Waals surface area contributed by atoms with Crippen LogP contribution in [0.5, 0.6) is 0 Å². The predicted molar refractivity (Wildman–Crippen MR) is 109 cm³/mol. The number of aryl methyl sites for hydroxylation is 1. The van der Waals surface area contributed by atoms with Crippen LogP contribution in [0.4, 0.5) is 0 Å². The van der Waals surface area contributed by atoms with E-state index in [0.717, 1.165) is 12.1 Å². The van der Waals surface area contributed by atoms with Crippen LogP contribution in [-0.2, 0) is 27.8 Å². The summed E-state index contributed by atoms with van der Waals surface area (Å²) >= 11 is 1.75. The average Bonchev–Trinajstić information content (AvgIpc) is 2.99. The standard InChI is InChI=1S/C19H27N3O3S2/c1-14(2)22(12-17-7-4-15(3)26-17)13-19(23)21-11-10-16-5-8-18(9-6-16)27(20,24)25/h4-9,14H,10-13H2,1-3H3,(H,21,23)(H2,20,24,25). The van der Waals surface area contributed by atoms with Crippen molar-refractivity contribution in [3.8, 4) is 0 Å². The highest BCUT2D eigenvalue weighted by Crippen LogP contribution is 2.18. The predicted octanol–water partition coefficient (Wildman–Crippen LogP) is 2.27. The van der Waals surface area contributed by atoms with Gasteiger partial charge in [-0.05, 0) is 57.0 Å². The molecule has 27 heavy (non-hydrogen) atoms. The molecule has 1 aromatic heterocycles. The molecule has 0 saturated carbocycles. The Morgan fingerprint density at radius 2 is 1.85 bits per heavy atom. The van der Waals surface area contributed by atoms with E-state index in [4.69, 9.17) is 5.14 Å². The summed E-state index contributed by atoms with van der Waals surface area (Å²) in [6, 6.07) is 10.9. The van der Waals surface area contributed by atoms with E-state index in [1.807, 2.05) is 0 Å². The highest BCUT2D eigenvalue weighted by atomic mass is 32.2. The number of amides is 1. The molecule has 8 heteroatoms. The number of thiophene rings is 1. The molecule has 0 aliphatic carbocycles. The van der Waals surface area contributed by atoms with Crippen LogP contribution in [0.25, 0.3) is 0 Å². The Bertz CT molecular complexity index is 859. The van der Waals surface area contributed by atoms with E-state index in [1.54, 1.807) is 23.5 Å². The van der Waals surface area contributed by atoms with Gasteiger partial charge in [0.25, 0.3) is 0 Å². The van der Waals surface area contributed by atoms with Crippen molar-refractivity contribution in [1.29, 1.82) is 0 Å². The molecule has 0 bridgehead atoms. The summed E-state index contributed by atoms with van der Waals surface area (Å²) in [4.78, 5) is 17.0. The quantitative estimate of drug-likeness (QED) is 0.664. The summed E-state index contributed by atoms with van der Waals surface area (Å²) in [5.41, 5.74) is 0.942. The summed E-state index contributed by atoms with van der Waals surface area (Å²) in [6.07, 6.45) is 0.627. The first-order valence-electron chi connectivity index (χ1n) is 8.83. The SMILES string of the molecule is Cc1ccc(CN(CC(=O)NCCc2ccc(S(N)(=O)=O)cc2)C(C)C)s1. The molecule has 1 heterocycles. The summed E-state index contributed by atoms with van der Waals surface area (Å²) in [5.74, 6) is -0.0156. The number of sulfonamides is 1. The van der Waals surface area contributed by atoms with Crippen molar-refractivity contribution in [3.05, 3.63) is 51.7 Å². The van der Waals surface area contributed by atoms with Crippen LogP contribution >= 0.6 is 11.3 Å². The smallest absolute Gasteiger partial charge is 0.238 e. The molecule has 148 valence electrons. The van der Waals surface area contributed by atoms with Crippen molar-refractivity contribution in [3.63, 3.8) is 0 Å². The molecule has 0 spiro atoms. The fourth-order valence-electron chi connectivity index (χ4n) is 2.62. The van der Waals surface area contributed by atoms with Crippen LogP contribution in [0, 0.1) is 6.92 Å². The zero-order valence-corrected chi connectivity index (χ0v) is 17.6. The maximum Gasteiger partial charge on any atom is 0.238 e. The third-order valence-corrected chi connectivity index (χ3v) is 6.13. The first kappa shape index (κ1) is 21.6. The lowest BCUT2D eigenvalue weighted by Gasteiger charge is -2.25. The lowest BCUT2D eigenvalue weighted by Crippen LogP contribution is -2.40. The van der Waals surface area contributed by atoms with Crippen LogP contribution in [0.3, 0.4) is 0 Å². The van der Waals surface area contributed by atoms with Crippen LogP contribution in [0.15, 0.2) is 41.3 Å². The molecule has 0 saturated heterocycles. The zero-order chi connectivity index (χ0) is 20.0. The lowest BCUT2D eigenvalue weighted by atomic mass is 10.1. The van der Waals surface area contributed by atoms with Crippen molar-refractivity contribution in [2.24, 2.45) is 5.14 Å². The highest BCUT2D eigenvalue weighted by molar-refractivity contribution is 7.89. The molecule has 2 aromatic rings. The molecule has 3 N–H and O–H groups in total. The van der Waals surface area contributed by atoms with Gasteiger partial charge in [-0.2, -0.15) is 0 Å². The van der Waals surface area contributed by atoms with E-state index in [1.165, 1.54) is 21.9 Å². The van der Waals surface area contributed by atoms with E-state index in [0.29, 0.717) is 19.5 Å². The molecule has 1 amide bonds. The van der Waals surface area contributed by atoms with Gasteiger partial charge in [-0.25, -0.2) is 13.6 Å². The third kappa shape index (κ3) is 7.06. The Balaban J connectivity index is 1.81. The fourth-order valence-corrected chi connectivity index (χ4v) is 4.06. The number of nitrogens with two attached hydrogens (primary N) is 1. The Hall–Kier alpha value is -1.74. The van der Waals surface area contributed by atoms with Crippen molar-refractivity contribution >= 4 is 27.3 Å². The number of benzene rings is 1. The minimum atomic E-state index is -3.67. The minimum Gasteiger partial charge on any atom is -0.355 e. The Morgan fingerprint density at radius 3 is 2.37 bits per heavy atom. The van der Waals surface area contributed by atoms with Gasteiger partial charge < -0.3 is 5.32 Å². The Labute approximate surface area is 165 Å². The molecule has 6 nitrogen and oxygen atoms in total. The van der Waals surface area contributed by atoms with E-state index in [-0.39, 0.29) is 16.8 Å². The first-order chi connectivity index (χ1) is 12.6. The molecule has 0 unspecified atom stereocenters. The molecule has 0 aliphatic heterocycles. The summed E-state index contributed by atoms with van der Waals surface area (Å²) in [5, 5.41) is 8.02. The molecular weight excluding hydrogens is 382 g/mol. The molecule has 2 rings (SSSR count). The summed E-state index contributed by atoms with van der Waals surface area (Å²) < 4.78 is 22.5.